The summed E-state index contributed by atoms with van der Waals surface area (Å²) in [6.07, 6.45) is 3.62. The molecule has 3 aromatic rings. The molecular formula is C22H20N4OS2. The van der Waals surface area contributed by atoms with E-state index in [1.54, 1.807) is 22.9 Å². The van der Waals surface area contributed by atoms with Crippen LogP contribution < -0.4 is 4.90 Å². The number of thiocarbonyl (C=S) groups is 1. The SMILES string of the molecule is Cc1ccc(C2SCC3C(=O)N(c4cnn(Cc5ccccc5)c4)C(=S)N32)cc1. The maximum Gasteiger partial charge on any atom is 0.257 e. The lowest BCUT2D eigenvalue weighted by molar-refractivity contribution is -0.119. The Bertz CT molecular complexity index is 1060. The van der Waals surface area contributed by atoms with Crippen LogP contribution in [0.3, 0.4) is 0 Å². The van der Waals surface area contributed by atoms with Gasteiger partial charge >= 0.3 is 0 Å². The summed E-state index contributed by atoms with van der Waals surface area (Å²) in [5.74, 6) is 0.781. The van der Waals surface area contributed by atoms with Crippen LogP contribution in [-0.2, 0) is 11.3 Å². The summed E-state index contributed by atoms with van der Waals surface area (Å²) in [4.78, 5) is 16.9. The molecule has 2 saturated heterocycles. The summed E-state index contributed by atoms with van der Waals surface area (Å²) in [6, 6.07) is 18.4. The summed E-state index contributed by atoms with van der Waals surface area (Å²) < 4.78 is 1.84. The number of fused-ring (bicyclic) bond motifs is 1. The molecule has 146 valence electrons. The molecule has 3 heterocycles. The highest BCUT2D eigenvalue weighted by Gasteiger charge is 2.51. The van der Waals surface area contributed by atoms with Gasteiger partial charge in [-0.1, -0.05) is 60.2 Å². The van der Waals surface area contributed by atoms with Crippen molar-refractivity contribution in [1.82, 2.24) is 14.7 Å². The maximum atomic E-state index is 13.1. The summed E-state index contributed by atoms with van der Waals surface area (Å²) in [7, 11) is 0. The third-order valence-corrected chi connectivity index (χ3v) is 7.06. The largest absolute Gasteiger partial charge is 0.319 e. The van der Waals surface area contributed by atoms with Gasteiger partial charge in [-0.2, -0.15) is 5.10 Å². The average molecular weight is 421 g/mol. The number of rotatable bonds is 4. The second kappa shape index (κ2) is 7.31. The molecule has 0 aliphatic carbocycles. The predicted molar refractivity (Wildman–Crippen MR) is 120 cm³/mol. The molecule has 0 N–H and O–H groups in total. The van der Waals surface area contributed by atoms with E-state index in [0.717, 1.165) is 17.0 Å². The van der Waals surface area contributed by atoms with E-state index in [9.17, 15) is 4.79 Å². The molecule has 7 heteroatoms. The monoisotopic (exact) mass is 420 g/mol. The van der Waals surface area contributed by atoms with Crippen LogP contribution in [0.15, 0.2) is 67.0 Å². The van der Waals surface area contributed by atoms with Crippen LogP contribution >= 0.6 is 24.0 Å². The molecule has 2 aliphatic rings. The molecule has 0 radical (unpaired) electrons. The highest BCUT2D eigenvalue weighted by atomic mass is 32.2. The van der Waals surface area contributed by atoms with Crippen molar-refractivity contribution in [2.75, 3.05) is 10.7 Å². The highest BCUT2D eigenvalue weighted by Crippen LogP contribution is 2.46. The zero-order valence-electron chi connectivity index (χ0n) is 15.9. The molecule has 0 saturated carbocycles. The van der Waals surface area contributed by atoms with E-state index in [1.165, 1.54) is 11.1 Å². The van der Waals surface area contributed by atoms with Crippen LogP contribution in [0.25, 0.3) is 0 Å². The minimum absolute atomic E-state index is 0.0383. The fourth-order valence-electron chi connectivity index (χ4n) is 3.84. The van der Waals surface area contributed by atoms with Gasteiger partial charge in [-0.25, -0.2) is 0 Å². The average Bonchev–Trinajstić information content (AvgIpc) is 3.41. The Morgan fingerprint density at radius 1 is 1.14 bits per heavy atom. The smallest absolute Gasteiger partial charge is 0.257 e. The molecule has 2 unspecified atom stereocenters. The number of hydrogen-bond donors (Lipinski definition) is 0. The first kappa shape index (κ1) is 18.4. The number of thioether (sulfide) groups is 1. The summed E-state index contributed by atoms with van der Waals surface area (Å²) in [6.45, 7) is 2.73. The lowest BCUT2D eigenvalue weighted by atomic mass is 10.1. The lowest BCUT2D eigenvalue weighted by Crippen LogP contribution is -2.33. The third-order valence-electron chi connectivity index (χ3n) is 5.35. The van der Waals surface area contributed by atoms with Crippen LogP contribution in [0.5, 0.6) is 0 Å². The number of hydrogen-bond acceptors (Lipinski definition) is 4. The second-order valence-corrected chi connectivity index (χ2v) is 8.84. The quantitative estimate of drug-likeness (QED) is 0.597. The van der Waals surface area contributed by atoms with E-state index in [4.69, 9.17) is 12.2 Å². The van der Waals surface area contributed by atoms with Crippen molar-refractivity contribution >= 4 is 40.7 Å². The Balaban J connectivity index is 1.39. The van der Waals surface area contributed by atoms with Crippen molar-refractivity contribution in [3.63, 3.8) is 0 Å². The minimum atomic E-state index is -0.212. The molecule has 5 rings (SSSR count). The molecule has 5 nitrogen and oxygen atoms in total. The number of aromatic nitrogens is 2. The van der Waals surface area contributed by atoms with E-state index >= 15 is 0 Å². The molecule has 1 aromatic heterocycles. The molecule has 2 atom stereocenters. The zero-order valence-corrected chi connectivity index (χ0v) is 17.6. The van der Waals surface area contributed by atoms with Crippen LogP contribution in [0.2, 0.25) is 0 Å². The van der Waals surface area contributed by atoms with Crippen LogP contribution in [0, 0.1) is 6.92 Å². The predicted octanol–water partition coefficient (Wildman–Crippen LogP) is 3.99. The Morgan fingerprint density at radius 2 is 1.90 bits per heavy atom. The number of nitrogens with zero attached hydrogens (tertiary/aromatic N) is 4. The van der Waals surface area contributed by atoms with E-state index in [-0.39, 0.29) is 17.3 Å². The van der Waals surface area contributed by atoms with E-state index in [0.29, 0.717) is 11.7 Å². The fraction of sp³-hybridized carbons (Fsp3) is 0.227. The Hall–Kier alpha value is -2.64. The molecule has 0 bridgehead atoms. The normalized spacial score (nSPS) is 21.1. The van der Waals surface area contributed by atoms with Crippen LogP contribution in [0.4, 0.5) is 5.69 Å². The molecule has 29 heavy (non-hydrogen) atoms. The lowest BCUT2D eigenvalue weighted by Gasteiger charge is -2.25. The van der Waals surface area contributed by atoms with Crippen LogP contribution in [0.1, 0.15) is 22.1 Å². The van der Waals surface area contributed by atoms with E-state index in [1.807, 2.05) is 29.1 Å². The maximum absolute atomic E-state index is 13.1. The van der Waals surface area contributed by atoms with Crippen molar-refractivity contribution in [2.45, 2.75) is 24.9 Å². The van der Waals surface area contributed by atoms with Gasteiger partial charge in [0.25, 0.3) is 5.91 Å². The molecule has 2 fully saturated rings. The van der Waals surface area contributed by atoms with Crippen molar-refractivity contribution in [1.29, 1.82) is 0 Å². The van der Waals surface area contributed by atoms with E-state index < -0.39 is 0 Å². The first-order chi connectivity index (χ1) is 14.1. The minimum Gasteiger partial charge on any atom is -0.319 e. The number of anilines is 1. The van der Waals surface area contributed by atoms with Gasteiger partial charge < -0.3 is 4.90 Å². The number of benzene rings is 2. The standard InChI is InChI=1S/C22H20N4OS2/c1-15-7-9-17(10-8-15)21-26-19(14-29-21)20(27)25(22(26)28)18-11-23-24(13-18)12-16-5-3-2-4-6-16/h2-11,13,19,21H,12,14H2,1H3. The highest BCUT2D eigenvalue weighted by molar-refractivity contribution is 7.99. The van der Waals surface area contributed by atoms with Gasteiger partial charge in [-0.3, -0.25) is 14.4 Å². The van der Waals surface area contributed by atoms with Crippen molar-refractivity contribution in [3.8, 4) is 0 Å². The molecule has 2 aromatic carbocycles. The fourth-order valence-corrected chi connectivity index (χ4v) is 5.76. The third kappa shape index (κ3) is 3.24. The van der Waals surface area contributed by atoms with Gasteiger partial charge in [0.05, 0.1) is 18.4 Å². The Morgan fingerprint density at radius 3 is 2.66 bits per heavy atom. The van der Waals surface area contributed by atoms with E-state index in [2.05, 4.69) is 53.3 Å². The summed E-state index contributed by atoms with van der Waals surface area (Å²) in [5.41, 5.74) is 4.30. The van der Waals surface area contributed by atoms with Gasteiger partial charge in [-0.05, 0) is 30.3 Å². The molecule has 1 amide bonds. The Kier molecular flexibility index (Phi) is 4.64. The molecular weight excluding hydrogens is 400 g/mol. The topological polar surface area (TPSA) is 41.4 Å². The van der Waals surface area contributed by atoms with Gasteiger partial charge in [0, 0.05) is 11.9 Å². The second-order valence-electron chi connectivity index (χ2n) is 7.36. The first-order valence-electron chi connectivity index (χ1n) is 9.52. The summed E-state index contributed by atoms with van der Waals surface area (Å²) >= 11 is 7.53. The molecule has 0 spiro atoms. The van der Waals surface area contributed by atoms with Gasteiger partial charge in [0.15, 0.2) is 5.11 Å². The molecule has 2 aliphatic heterocycles. The number of amides is 1. The van der Waals surface area contributed by atoms with Crippen molar-refractivity contribution in [3.05, 3.63) is 83.7 Å². The van der Waals surface area contributed by atoms with Gasteiger partial charge in [0.2, 0.25) is 0 Å². The Labute approximate surface area is 179 Å². The van der Waals surface area contributed by atoms with Crippen molar-refractivity contribution in [2.24, 2.45) is 0 Å². The number of aryl methyl sites for hydroxylation is 1. The first-order valence-corrected chi connectivity index (χ1v) is 11.0. The summed E-state index contributed by atoms with van der Waals surface area (Å²) in [5, 5.41) is 5.08. The van der Waals surface area contributed by atoms with Gasteiger partial charge in [-0.15, -0.1) is 11.8 Å². The van der Waals surface area contributed by atoms with Crippen molar-refractivity contribution < 1.29 is 4.79 Å². The number of carbonyl (C=O) groups excluding carboxylic acids is 1. The number of carbonyl (C=O) groups is 1. The van der Waals surface area contributed by atoms with Crippen LogP contribution in [-0.4, -0.2) is 37.5 Å². The van der Waals surface area contributed by atoms with Gasteiger partial charge in [0.1, 0.15) is 11.4 Å². The zero-order chi connectivity index (χ0) is 20.0.